The highest BCUT2D eigenvalue weighted by molar-refractivity contribution is 5.67. The van der Waals surface area contributed by atoms with Crippen molar-refractivity contribution in [2.75, 3.05) is 0 Å². The minimum atomic E-state index is -4.26. The minimum Gasteiger partial charge on any atom is -0.481 e. The Morgan fingerprint density at radius 1 is 1.46 bits per heavy atom. The van der Waals surface area contributed by atoms with Gasteiger partial charge >= 0.3 is 12.1 Å². The van der Waals surface area contributed by atoms with E-state index in [1.807, 2.05) is 0 Å². The number of alkyl halides is 3. The van der Waals surface area contributed by atoms with Crippen LogP contribution in [-0.2, 0) is 4.79 Å². The highest BCUT2D eigenvalue weighted by atomic mass is 19.4. The monoisotopic (exact) mass is 197 g/mol. The van der Waals surface area contributed by atoms with Gasteiger partial charge in [0.15, 0.2) is 0 Å². The number of carboxylic acids is 1. The molecule has 0 bridgehead atoms. The Labute approximate surface area is 72.9 Å². The third-order valence-electron chi connectivity index (χ3n) is 2.06. The number of carboxylic acid groups (broad SMARTS) is 1. The second-order valence-electron chi connectivity index (χ2n) is 3.13. The van der Waals surface area contributed by atoms with Crippen molar-refractivity contribution in [1.82, 2.24) is 5.32 Å². The van der Waals surface area contributed by atoms with Crippen molar-refractivity contribution < 1.29 is 23.1 Å². The maximum Gasteiger partial charge on any atom is 0.403 e. The molecule has 0 aliphatic carbocycles. The Morgan fingerprint density at radius 3 is 2.46 bits per heavy atom. The molecule has 2 N–H and O–H groups in total. The second kappa shape index (κ2) is 3.53. The Morgan fingerprint density at radius 2 is 2.08 bits per heavy atom. The molecule has 1 aliphatic rings. The van der Waals surface area contributed by atoms with Crippen molar-refractivity contribution in [3.05, 3.63) is 0 Å². The molecule has 2 atom stereocenters. The van der Waals surface area contributed by atoms with Gasteiger partial charge in [0, 0.05) is 6.04 Å². The maximum absolute atomic E-state index is 12.1. The van der Waals surface area contributed by atoms with E-state index in [9.17, 15) is 18.0 Å². The Kier molecular flexibility index (Phi) is 2.80. The van der Waals surface area contributed by atoms with E-state index in [4.69, 9.17) is 5.11 Å². The smallest absolute Gasteiger partial charge is 0.403 e. The molecule has 0 unspecified atom stereocenters. The normalized spacial score (nSPS) is 29.2. The fourth-order valence-electron chi connectivity index (χ4n) is 1.45. The highest BCUT2D eigenvalue weighted by Crippen LogP contribution is 2.29. The van der Waals surface area contributed by atoms with E-state index in [-0.39, 0.29) is 19.3 Å². The van der Waals surface area contributed by atoms with Crippen molar-refractivity contribution in [3.8, 4) is 0 Å². The Balaban J connectivity index is 2.41. The first-order chi connectivity index (χ1) is 5.89. The number of rotatable bonds is 2. The summed E-state index contributed by atoms with van der Waals surface area (Å²) < 4.78 is 36.2. The summed E-state index contributed by atoms with van der Waals surface area (Å²) in [4.78, 5) is 10.2. The molecule has 0 amide bonds. The quantitative estimate of drug-likeness (QED) is 0.698. The van der Waals surface area contributed by atoms with Gasteiger partial charge in [0.1, 0.15) is 6.04 Å². The molecular formula is C7H10F3NO2. The molecule has 1 fully saturated rings. The molecule has 1 rings (SSSR count). The first-order valence-corrected chi connectivity index (χ1v) is 3.94. The summed E-state index contributed by atoms with van der Waals surface area (Å²) in [5.41, 5.74) is 0. The fraction of sp³-hybridized carbons (Fsp3) is 0.857. The lowest BCUT2D eigenvalue weighted by molar-refractivity contribution is -0.153. The zero-order valence-electron chi connectivity index (χ0n) is 6.77. The van der Waals surface area contributed by atoms with Crippen LogP contribution in [0.25, 0.3) is 0 Å². The largest absolute Gasteiger partial charge is 0.481 e. The summed E-state index contributed by atoms with van der Waals surface area (Å²) in [6, 6.07) is -2.07. The molecule has 1 saturated heterocycles. The summed E-state index contributed by atoms with van der Waals surface area (Å²) >= 11 is 0. The van der Waals surface area contributed by atoms with Gasteiger partial charge in [-0.15, -0.1) is 0 Å². The van der Waals surface area contributed by atoms with Crippen LogP contribution in [0.3, 0.4) is 0 Å². The number of hydrogen-bond acceptors (Lipinski definition) is 2. The standard InChI is InChI=1S/C7H10F3NO2/c8-7(9,10)5-2-1-4(11-5)3-6(12)13/h4-5,11H,1-3H2,(H,12,13)/t4-,5-/m0/s1. The van der Waals surface area contributed by atoms with E-state index in [1.54, 1.807) is 0 Å². The topological polar surface area (TPSA) is 49.3 Å². The number of nitrogens with one attached hydrogen (secondary N) is 1. The molecule has 1 aliphatic heterocycles. The van der Waals surface area contributed by atoms with Gasteiger partial charge in [0.2, 0.25) is 0 Å². The number of carbonyl (C=O) groups is 1. The molecule has 0 aromatic carbocycles. The summed E-state index contributed by atoms with van der Waals surface area (Å²) in [7, 11) is 0. The van der Waals surface area contributed by atoms with Crippen LogP contribution in [0.5, 0.6) is 0 Å². The van der Waals surface area contributed by atoms with Crippen LogP contribution in [0.15, 0.2) is 0 Å². The lowest BCUT2D eigenvalue weighted by Crippen LogP contribution is -2.41. The minimum absolute atomic E-state index is 0.0263. The molecule has 6 heteroatoms. The van der Waals surface area contributed by atoms with Crippen molar-refractivity contribution in [3.63, 3.8) is 0 Å². The van der Waals surface area contributed by atoms with Gasteiger partial charge in [-0.25, -0.2) is 0 Å². The van der Waals surface area contributed by atoms with Gasteiger partial charge in [0.25, 0.3) is 0 Å². The lowest BCUT2D eigenvalue weighted by atomic mass is 10.1. The van der Waals surface area contributed by atoms with Gasteiger partial charge < -0.3 is 10.4 Å². The number of halogens is 3. The summed E-state index contributed by atoms with van der Waals surface area (Å²) in [6.07, 6.45) is -4.25. The summed E-state index contributed by atoms with van der Waals surface area (Å²) in [5, 5.41) is 10.6. The SMILES string of the molecule is O=C(O)C[C@@H]1CC[C@@H](C(F)(F)F)N1. The summed E-state index contributed by atoms with van der Waals surface area (Å²) in [6.45, 7) is 0. The van der Waals surface area contributed by atoms with Gasteiger partial charge in [-0.05, 0) is 12.8 Å². The van der Waals surface area contributed by atoms with E-state index in [0.717, 1.165) is 0 Å². The Hall–Kier alpha value is -0.780. The van der Waals surface area contributed by atoms with Crippen LogP contribution in [0.1, 0.15) is 19.3 Å². The fourth-order valence-corrected chi connectivity index (χ4v) is 1.45. The highest BCUT2D eigenvalue weighted by Gasteiger charge is 2.44. The van der Waals surface area contributed by atoms with Crippen molar-refractivity contribution in [2.45, 2.75) is 37.5 Å². The van der Waals surface area contributed by atoms with Crippen molar-refractivity contribution in [2.24, 2.45) is 0 Å². The number of hydrogen-bond donors (Lipinski definition) is 2. The van der Waals surface area contributed by atoms with Gasteiger partial charge in [-0.2, -0.15) is 13.2 Å². The molecule has 76 valence electrons. The predicted octanol–water partition coefficient (Wildman–Crippen LogP) is 1.14. The average Bonchev–Trinajstić information content (AvgIpc) is 2.32. The van der Waals surface area contributed by atoms with E-state index >= 15 is 0 Å². The van der Waals surface area contributed by atoms with Gasteiger partial charge in [-0.1, -0.05) is 0 Å². The number of aliphatic carboxylic acids is 1. The van der Waals surface area contributed by atoms with E-state index < -0.39 is 24.2 Å². The van der Waals surface area contributed by atoms with Crippen LogP contribution in [0.4, 0.5) is 13.2 Å². The van der Waals surface area contributed by atoms with Crippen molar-refractivity contribution in [1.29, 1.82) is 0 Å². The predicted molar refractivity (Wildman–Crippen MR) is 38.3 cm³/mol. The van der Waals surface area contributed by atoms with Crippen LogP contribution >= 0.6 is 0 Å². The van der Waals surface area contributed by atoms with Gasteiger partial charge in [-0.3, -0.25) is 4.79 Å². The summed E-state index contributed by atoms with van der Waals surface area (Å²) in [5.74, 6) is -1.07. The molecule has 0 aromatic rings. The maximum atomic E-state index is 12.1. The van der Waals surface area contributed by atoms with Gasteiger partial charge in [0.05, 0.1) is 6.42 Å². The Bertz CT molecular complexity index is 204. The molecule has 0 spiro atoms. The van der Waals surface area contributed by atoms with E-state index in [1.165, 1.54) is 0 Å². The van der Waals surface area contributed by atoms with Crippen LogP contribution in [-0.4, -0.2) is 29.3 Å². The average molecular weight is 197 g/mol. The molecule has 1 heterocycles. The second-order valence-corrected chi connectivity index (χ2v) is 3.13. The molecule has 0 saturated carbocycles. The van der Waals surface area contributed by atoms with Crippen LogP contribution < -0.4 is 5.32 Å². The molecule has 13 heavy (non-hydrogen) atoms. The van der Waals surface area contributed by atoms with E-state index in [0.29, 0.717) is 0 Å². The lowest BCUT2D eigenvalue weighted by Gasteiger charge is -2.15. The van der Waals surface area contributed by atoms with Crippen LogP contribution in [0.2, 0.25) is 0 Å². The third-order valence-corrected chi connectivity index (χ3v) is 2.06. The molecule has 3 nitrogen and oxygen atoms in total. The molecule has 0 radical (unpaired) electrons. The third kappa shape index (κ3) is 2.87. The van der Waals surface area contributed by atoms with Crippen molar-refractivity contribution >= 4 is 5.97 Å². The molecule has 0 aromatic heterocycles. The zero-order valence-corrected chi connectivity index (χ0v) is 6.77. The van der Waals surface area contributed by atoms with E-state index in [2.05, 4.69) is 5.32 Å². The molecular weight excluding hydrogens is 187 g/mol. The van der Waals surface area contributed by atoms with Crippen LogP contribution in [0, 0.1) is 0 Å². The zero-order chi connectivity index (χ0) is 10.1. The first-order valence-electron chi connectivity index (χ1n) is 3.94. The first kappa shape index (κ1) is 10.3.